The minimum Gasteiger partial charge on any atom is -0.477 e. The minimum atomic E-state index is -1.02. The van der Waals surface area contributed by atoms with Gasteiger partial charge < -0.3 is 29.4 Å². The Morgan fingerprint density at radius 3 is 2.68 bits per heavy atom. The lowest BCUT2D eigenvalue weighted by atomic mass is 9.69. The molecule has 5 heterocycles. The van der Waals surface area contributed by atoms with Crippen molar-refractivity contribution in [3.8, 4) is 5.88 Å². The number of carbonyl (C=O) groups is 1. The van der Waals surface area contributed by atoms with E-state index in [9.17, 15) is 9.90 Å². The molecular formula is C28H36FN3O6. The summed E-state index contributed by atoms with van der Waals surface area (Å²) in [6, 6.07) is 3.62. The molecule has 1 atom stereocenters. The monoisotopic (exact) mass is 529 g/mol. The highest BCUT2D eigenvalue weighted by Crippen LogP contribution is 2.47. The zero-order valence-corrected chi connectivity index (χ0v) is 21.7. The molecular weight excluding hydrogens is 493 g/mol. The van der Waals surface area contributed by atoms with Gasteiger partial charge >= 0.3 is 6.09 Å². The molecule has 0 aromatic carbocycles. The molecule has 2 saturated carbocycles. The SMILES string of the molecule is O=C(O)NC12CCC(CCc3c(F)cnc4ccc(OCC5(COC6CCCCO6)CC5)nc34)(CC1)OC2. The van der Waals surface area contributed by atoms with Gasteiger partial charge in [0.15, 0.2) is 6.29 Å². The van der Waals surface area contributed by atoms with Crippen LogP contribution in [0.25, 0.3) is 11.0 Å². The molecule has 10 heteroatoms. The van der Waals surface area contributed by atoms with Crippen LogP contribution in [0.5, 0.6) is 5.88 Å². The molecule has 2 bridgehead atoms. The summed E-state index contributed by atoms with van der Waals surface area (Å²) in [4.78, 5) is 20.1. The molecule has 0 spiro atoms. The van der Waals surface area contributed by atoms with E-state index < -0.39 is 11.6 Å². The molecule has 5 aliphatic rings. The standard InChI is InChI=1S/C28H36FN3O6/c29-20-15-30-21-4-5-22(36-16-26(8-9-26)17-37-23-3-1-2-14-35-23)31-24(21)19(20)6-7-28-12-10-27(11-13-28,18-38-28)32-25(33)34/h4-5,15,23,32H,1-3,6-14,16-18H2,(H,33,34). The van der Waals surface area contributed by atoms with Crippen LogP contribution in [0.4, 0.5) is 9.18 Å². The molecule has 5 fully saturated rings. The van der Waals surface area contributed by atoms with Crippen LogP contribution in [0.3, 0.4) is 0 Å². The predicted octanol–water partition coefficient (Wildman–Crippen LogP) is 4.75. The van der Waals surface area contributed by atoms with Gasteiger partial charge in [0.25, 0.3) is 0 Å². The Hall–Kier alpha value is -2.56. The molecule has 2 aliphatic carbocycles. The lowest BCUT2D eigenvalue weighted by Gasteiger charge is -2.53. The van der Waals surface area contributed by atoms with Crippen molar-refractivity contribution >= 4 is 17.1 Å². The second-order valence-electron chi connectivity index (χ2n) is 11.7. The van der Waals surface area contributed by atoms with Gasteiger partial charge in [-0.25, -0.2) is 14.2 Å². The normalized spacial score (nSPS) is 29.8. The molecule has 3 aliphatic heterocycles. The third-order valence-electron chi connectivity index (χ3n) is 8.91. The molecule has 7 rings (SSSR count). The Bertz CT molecular complexity index is 1160. The van der Waals surface area contributed by atoms with Gasteiger partial charge in [0, 0.05) is 23.7 Å². The van der Waals surface area contributed by atoms with Crippen molar-refractivity contribution in [2.75, 3.05) is 26.4 Å². The number of amides is 1. The maximum absolute atomic E-state index is 15.0. The topological polar surface area (TPSA) is 112 Å². The van der Waals surface area contributed by atoms with Crippen LogP contribution in [0, 0.1) is 11.2 Å². The largest absolute Gasteiger partial charge is 0.477 e. The highest BCUT2D eigenvalue weighted by Gasteiger charge is 2.50. The number of fused-ring (bicyclic) bond motifs is 4. The molecule has 1 unspecified atom stereocenters. The number of ether oxygens (including phenoxy) is 4. The molecule has 38 heavy (non-hydrogen) atoms. The molecule has 1 amide bonds. The number of carboxylic acid groups (broad SMARTS) is 1. The summed E-state index contributed by atoms with van der Waals surface area (Å²) < 4.78 is 39.0. The molecule has 9 nitrogen and oxygen atoms in total. The van der Waals surface area contributed by atoms with Crippen LogP contribution in [-0.2, 0) is 20.6 Å². The highest BCUT2D eigenvalue weighted by atomic mass is 19.1. The van der Waals surface area contributed by atoms with Crippen LogP contribution >= 0.6 is 0 Å². The molecule has 2 aromatic heterocycles. The van der Waals surface area contributed by atoms with Crippen molar-refractivity contribution in [2.45, 2.75) is 88.1 Å². The Morgan fingerprint density at radius 1 is 1.16 bits per heavy atom. The Labute approximate surface area is 221 Å². The maximum atomic E-state index is 15.0. The van der Waals surface area contributed by atoms with E-state index in [1.165, 1.54) is 6.20 Å². The summed E-state index contributed by atoms with van der Waals surface area (Å²) in [5.74, 6) is 0.0761. The number of hydrogen-bond acceptors (Lipinski definition) is 7. The van der Waals surface area contributed by atoms with Crippen LogP contribution in [-0.4, -0.2) is 65.0 Å². The Kier molecular flexibility index (Phi) is 6.90. The van der Waals surface area contributed by atoms with Crippen LogP contribution in [0.2, 0.25) is 0 Å². The summed E-state index contributed by atoms with van der Waals surface area (Å²) in [6.07, 6.45) is 9.43. The average molecular weight is 530 g/mol. The number of halogens is 1. The first-order valence-electron chi connectivity index (χ1n) is 13.8. The van der Waals surface area contributed by atoms with E-state index >= 15 is 4.39 Å². The molecule has 2 N–H and O–H groups in total. The molecule has 2 aromatic rings. The van der Waals surface area contributed by atoms with Crippen molar-refractivity contribution in [2.24, 2.45) is 5.41 Å². The quantitative estimate of drug-likeness (QED) is 0.453. The number of nitrogens with zero attached hydrogens (tertiary/aromatic N) is 2. The average Bonchev–Trinajstić information content (AvgIpc) is 3.71. The van der Waals surface area contributed by atoms with Crippen LogP contribution in [0.15, 0.2) is 18.3 Å². The Morgan fingerprint density at radius 2 is 2.00 bits per heavy atom. The number of hydrogen-bond donors (Lipinski definition) is 2. The molecule has 0 radical (unpaired) electrons. The van der Waals surface area contributed by atoms with E-state index in [-0.39, 0.29) is 23.1 Å². The molecule has 3 saturated heterocycles. The van der Waals surface area contributed by atoms with Gasteiger partial charge in [0.1, 0.15) is 5.82 Å². The van der Waals surface area contributed by atoms with Gasteiger partial charge in [-0.15, -0.1) is 0 Å². The van der Waals surface area contributed by atoms with Gasteiger partial charge in [-0.2, -0.15) is 0 Å². The summed E-state index contributed by atoms with van der Waals surface area (Å²) in [5.41, 5.74) is 0.793. The molecule has 206 valence electrons. The summed E-state index contributed by atoms with van der Waals surface area (Å²) >= 11 is 0. The Balaban J connectivity index is 1.10. The highest BCUT2D eigenvalue weighted by molar-refractivity contribution is 5.78. The fourth-order valence-corrected chi connectivity index (χ4v) is 6.07. The third-order valence-corrected chi connectivity index (χ3v) is 8.91. The summed E-state index contributed by atoms with van der Waals surface area (Å²) in [7, 11) is 0. The van der Waals surface area contributed by atoms with Crippen LogP contribution in [0.1, 0.15) is 69.8 Å². The van der Waals surface area contributed by atoms with Gasteiger partial charge in [-0.05, 0) is 76.7 Å². The zero-order valence-electron chi connectivity index (χ0n) is 21.7. The third kappa shape index (κ3) is 5.44. The van der Waals surface area contributed by atoms with E-state index in [0.29, 0.717) is 55.1 Å². The first-order chi connectivity index (χ1) is 18.4. The smallest absolute Gasteiger partial charge is 0.405 e. The van der Waals surface area contributed by atoms with E-state index in [1.807, 2.05) is 6.07 Å². The zero-order chi connectivity index (χ0) is 26.2. The van der Waals surface area contributed by atoms with Gasteiger partial charge in [0.05, 0.1) is 48.2 Å². The van der Waals surface area contributed by atoms with Crippen molar-refractivity contribution in [3.05, 3.63) is 29.7 Å². The maximum Gasteiger partial charge on any atom is 0.405 e. The van der Waals surface area contributed by atoms with Gasteiger partial charge in [-0.1, -0.05) is 0 Å². The van der Waals surface area contributed by atoms with E-state index in [1.54, 1.807) is 6.07 Å². The van der Waals surface area contributed by atoms with E-state index in [2.05, 4.69) is 15.3 Å². The van der Waals surface area contributed by atoms with E-state index in [0.717, 1.165) is 64.4 Å². The fourth-order valence-electron chi connectivity index (χ4n) is 6.07. The number of aromatic nitrogens is 2. The predicted molar refractivity (Wildman–Crippen MR) is 136 cm³/mol. The van der Waals surface area contributed by atoms with Crippen molar-refractivity contribution in [1.82, 2.24) is 15.3 Å². The van der Waals surface area contributed by atoms with Gasteiger partial charge in [0.2, 0.25) is 5.88 Å². The fraction of sp³-hybridized carbons (Fsp3) is 0.679. The number of aryl methyl sites for hydroxylation is 1. The number of rotatable bonds is 10. The summed E-state index contributed by atoms with van der Waals surface area (Å²) in [5, 5.41) is 11.8. The van der Waals surface area contributed by atoms with Crippen molar-refractivity contribution in [3.63, 3.8) is 0 Å². The lowest BCUT2D eigenvalue weighted by molar-refractivity contribution is -0.172. The summed E-state index contributed by atoms with van der Waals surface area (Å²) in [6.45, 7) is 2.23. The van der Waals surface area contributed by atoms with Crippen LogP contribution < -0.4 is 10.1 Å². The second-order valence-corrected chi connectivity index (χ2v) is 11.7. The van der Waals surface area contributed by atoms with Gasteiger partial charge in [-0.3, -0.25) is 4.98 Å². The number of pyridine rings is 2. The minimum absolute atomic E-state index is 0.0103. The van der Waals surface area contributed by atoms with Crippen molar-refractivity contribution in [1.29, 1.82) is 0 Å². The first-order valence-corrected chi connectivity index (χ1v) is 13.8. The lowest BCUT2D eigenvalue weighted by Crippen LogP contribution is -2.62. The van der Waals surface area contributed by atoms with Crippen molar-refractivity contribution < 1.29 is 33.2 Å². The first kappa shape index (κ1) is 25.7. The second kappa shape index (κ2) is 10.2. The number of nitrogens with one attached hydrogen (secondary N) is 1. The van der Waals surface area contributed by atoms with E-state index in [4.69, 9.17) is 18.9 Å².